The lowest BCUT2D eigenvalue weighted by Crippen LogP contribution is -2.33. The fourth-order valence-electron chi connectivity index (χ4n) is 1.72. The number of nitrogens with one attached hydrogen (secondary N) is 1. The van der Waals surface area contributed by atoms with Crippen LogP contribution in [-0.4, -0.2) is 31.2 Å². The summed E-state index contributed by atoms with van der Waals surface area (Å²) in [5.41, 5.74) is 0.798. The Balaban J connectivity index is 2.42. The van der Waals surface area contributed by atoms with Gasteiger partial charge in [-0.05, 0) is 25.5 Å². The molecule has 1 aromatic carbocycles. The second-order valence-electron chi connectivity index (χ2n) is 4.68. The topological polar surface area (TPSA) is 64.6 Å². The Bertz CT molecular complexity index is 533. The molecule has 0 aliphatic heterocycles. The lowest BCUT2D eigenvalue weighted by Gasteiger charge is -2.16. The number of esters is 1. The van der Waals surface area contributed by atoms with Gasteiger partial charge in [0.1, 0.15) is 0 Å². The van der Waals surface area contributed by atoms with Crippen molar-refractivity contribution in [1.29, 1.82) is 0 Å². The lowest BCUT2D eigenvalue weighted by molar-refractivity contribution is -0.158. The molecule has 0 heterocycles. The van der Waals surface area contributed by atoms with Crippen molar-refractivity contribution >= 4 is 23.5 Å². The molecule has 5 nitrogen and oxygen atoms in total. The van der Waals surface area contributed by atoms with Gasteiger partial charge in [0.15, 0.2) is 12.7 Å². The Morgan fingerprint density at radius 2 is 2.05 bits per heavy atom. The molecule has 0 radical (unpaired) electrons. The first-order valence-electron chi connectivity index (χ1n) is 6.88. The Labute approximate surface area is 135 Å². The SMILES string of the molecule is C=CCOC(C)C(=O)OCC(=O)NC(C)c1ccccc1Cl. The molecule has 1 amide bonds. The fraction of sp³-hybridized carbons (Fsp3) is 0.375. The van der Waals surface area contributed by atoms with E-state index in [1.54, 1.807) is 19.9 Å². The van der Waals surface area contributed by atoms with E-state index in [0.29, 0.717) is 5.02 Å². The van der Waals surface area contributed by atoms with E-state index in [1.165, 1.54) is 6.08 Å². The predicted molar refractivity (Wildman–Crippen MR) is 84.6 cm³/mol. The number of carbonyl (C=O) groups is 2. The molecule has 0 aliphatic rings. The van der Waals surface area contributed by atoms with Gasteiger partial charge in [-0.1, -0.05) is 35.9 Å². The van der Waals surface area contributed by atoms with E-state index in [2.05, 4.69) is 11.9 Å². The molecule has 0 aromatic heterocycles. The Morgan fingerprint density at radius 3 is 2.68 bits per heavy atom. The molecule has 0 saturated heterocycles. The zero-order chi connectivity index (χ0) is 16.5. The third-order valence-corrected chi connectivity index (χ3v) is 3.23. The zero-order valence-corrected chi connectivity index (χ0v) is 13.4. The molecule has 0 fully saturated rings. The highest BCUT2D eigenvalue weighted by Crippen LogP contribution is 2.21. The van der Waals surface area contributed by atoms with Crippen LogP contribution in [0.15, 0.2) is 36.9 Å². The molecule has 1 N–H and O–H groups in total. The molecule has 0 spiro atoms. The van der Waals surface area contributed by atoms with Crippen molar-refractivity contribution in [2.75, 3.05) is 13.2 Å². The summed E-state index contributed by atoms with van der Waals surface area (Å²) in [5.74, 6) is -1.00. The summed E-state index contributed by atoms with van der Waals surface area (Å²) in [7, 11) is 0. The summed E-state index contributed by atoms with van der Waals surface area (Å²) in [6.07, 6.45) is 0.786. The van der Waals surface area contributed by atoms with Gasteiger partial charge in [0.05, 0.1) is 12.6 Å². The van der Waals surface area contributed by atoms with Gasteiger partial charge in [-0.2, -0.15) is 0 Å². The number of hydrogen-bond acceptors (Lipinski definition) is 4. The molecular formula is C16H20ClNO4. The quantitative estimate of drug-likeness (QED) is 0.589. The van der Waals surface area contributed by atoms with E-state index < -0.39 is 18.0 Å². The minimum absolute atomic E-state index is 0.242. The average Bonchev–Trinajstić information content (AvgIpc) is 2.50. The number of ether oxygens (including phenoxy) is 2. The molecule has 6 heteroatoms. The minimum Gasteiger partial charge on any atom is -0.454 e. The van der Waals surface area contributed by atoms with Gasteiger partial charge in [-0.25, -0.2) is 4.79 Å². The highest BCUT2D eigenvalue weighted by Gasteiger charge is 2.17. The smallest absolute Gasteiger partial charge is 0.335 e. The van der Waals surface area contributed by atoms with E-state index in [0.717, 1.165) is 5.56 Å². The summed E-state index contributed by atoms with van der Waals surface area (Å²) in [4.78, 5) is 23.4. The summed E-state index contributed by atoms with van der Waals surface area (Å²) in [6, 6.07) is 6.94. The van der Waals surface area contributed by atoms with Crippen molar-refractivity contribution < 1.29 is 19.1 Å². The van der Waals surface area contributed by atoms with E-state index in [-0.39, 0.29) is 19.3 Å². The molecule has 2 atom stereocenters. The number of hydrogen-bond donors (Lipinski definition) is 1. The highest BCUT2D eigenvalue weighted by atomic mass is 35.5. The van der Waals surface area contributed by atoms with E-state index in [4.69, 9.17) is 21.1 Å². The number of halogens is 1. The number of rotatable bonds is 8. The minimum atomic E-state index is -0.744. The van der Waals surface area contributed by atoms with Crippen LogP contribution in [-0.2, 0) is 19.1 Å². The molecule has 1 aromatic rings. The first-order chi connectivity index (χ1) is 10.5. The molecule has 120 valence electrons. The van der Waals surface area contributed by atoms with Crippen LogP contribution in [0, 0.1) is 0 Å². The maximum Gasteiger partial charge on any atom is 0.335 e. The van der Waals surface area contributed by atoms with Crippen LogP contribution in [0.3, 0.4) is 0 Å². The van der Waals surface area contributed by atoms with E-state index in [1.807, 2.05) is 18.2 Å². The van der Waals surface area contributed by atoms with Crippen molar-refractivity contribution in [3.63, 3.8) is 0 Å². The van der Waals surface area contributed by atoms with E-state index >= 15 is 0 Å². The first-order valence-corrected chi connectivity index (χ1v) is 7.26. The average molecular weight is 326 g/mol. The Hall–Kier alpha value is -1.85. The van der Waals surface area contributed by atoms with Gasteiger partial charge in [0, 0.05) is 5.02 Å². The van der Waals surface area contributed by atoms with Crippen LogP contribution in [0.2, 0.25) is 5.02 Å². The molecule has 1 rings (SSSR count). The zero-order valence-electron chi connectivity index (χ0n) is 12.7. The van der Waals surface area contributed by atoms with E-state index in [9.17, 15) is 9.59 Å². The van der Waals surface area contributed by atoms with Crippen molar-refractivity contribution in [2.45, 2.75) is 26.0 Å². The van der Waals surface area contributed by atoms with Gasteiger partial charge >= 0.3 is 5.97 Å². The van der Waals surface area contributed by atoms with Crippen molar-refractivity contribution in [2.24, 2.45) is 0 Å². The summed E-state index contributed by atoms with van der Waals surface area (Å²) in [5, 5.41) is 3.29. The second kappa shape index (κ2) is 9.23. The monoisotopic (exact) mass is 325 g/mol. The van der Waals surface area contributed by atoms with Gasteiger partial charge in [-0.15, -0.1) is 6.58 Å². The lowest BCUT2D eigenvalue weighted by atomic mass is 10.1. The molecular weight excluding hydrogens is 306 g/mol. The maximum absolute atomic E-state index is 11.8. The van der Waals surface area contributed by atoms with Gasteiger partial charge < -0.3 is 14.8 Å². The highest BCUT2D eigenvalue weighted by molar-refractivity contribution is 6.31. The standard InChI is InChI=1S/C16H20ClNO4/c1-4-9-21-12(3)16(20)22-10-15(19)18-11(2)13-7-5-6-8-14(13)17/h4-8,11-12H,1,9-10H2,2-3H3,(H,18,19). The van der Waals surface area contributed by atoms with Crippen LogP contribution < -0.4 is 5.32 Å². The molecule has 0 saturated carbocycles. The molecule has 2 unspecified atom stereocenters. The van der Waals surface area contributed by atoms with Crippen LogP contribution in [0.5, 0.6) is 0 Å². The van der Waals surface area contributed by atoms with Crippen molar-refractivity contribution in [1.82, 2.24) is 5.32 Å². The van der Waals surface area contributed by atoms with Crippen LogP contribution >= 0.6 is 11.6 Å². The Morgan fingerprint density at radius 1 is 1.36 bits per heavy atom. The van der Waals surface area contributed by atoms with Crippen molar-refractivity contribution in [3.05, 3.63) is 47.5 Å². The largest absolute Gasteiger partial charge is 0.454 e. The van der Waals surface area contributed by atoms with Gasteiger partial charge in [0.2, 0.25) is 0 Å². The summed E-state index contributed by atoms with van der Waals surface area (Å²) >= 11 is 6.06. The number of benzene rings is 1. The number of amides is 1. The van der Waals surface area contributed by atoms with Crippen LogP contribution in [0.1, 0.15) is 25.5 Å². The molecule has 0 aliphatic carbocycles. The fourth-order valence-corrected chi connectivity index (χ4v) is 2.02. The first kappa shape index (κ1) is 18.2. The van der Waals surface area contributed by atoms with Gasteiger partial charge in [-0.3, -0.25) is 4.79 Å². The third-order valence-electron chi connectivity index (χ3n) is 2.89. The van der Waals surface area contributed by atoms with Gasteiger partial charge in [0.25, 0.3) is 5.91 Å². The summed E-state index contributed by atoms with van der Waals surface area (Å²) < 4.78 is 10.00. The van der Waals surface area contributed by atoms with Crippen LogP contribution in [0.25, 0.3) is 0 Å². The maximum atomic E-state index is 11.8. The molecule has 22 heavy (non-hydrogen) atoms. The van der Waals surface area contributed by atoms with Crippen LogP contribution in [0.4, 0.5) is 0 Å². The predicted octanol–water partition coefficient (Wildman–Crippen LogP) is 2.65. The summed E-state index contributed by atoms with van der Waals surface area (Å²) in [6.45, 7) is 6.71. The third kappa shape index (κ3) is 5.87. The normalized spacial score (nSPS) is 13.0. The Kier molecular flexibility index (Phi) is 7.63. The second-order valence-corrected chi connectivity index (χ2v) is 5.09. The molecule has 0 bridgehead atoms. The number of carbonyl (C=O) groups excluding carboxylic acids is 2. The van der Waals surface area contributed by atoms with Crippen molar-refractivity contribution in [3.8, 4) is 0 Å².